The molecule has 0 saturated heterocycles. The largest absolute Gasteiger partial charge is 0.323 e. The normalized spacial score (nSPS) is 12.6. The molecule has 2 heteroatoms. The zero-order chi connectivity index (χ0) is 15.1. The Kier molecular flexibility index (Phi) is 5.97. The third-order valence-corrected chi connectivity index (χ3v) is 3.75. The third-order valence-electron chi connectivity index (χ3n) is 3.75. The maximum atomic E-state index is 6.33. The lowest BCUT2D eigenvalue weighted by molar-refractivity contribution is 0.305. The summed E-state index contributed by atoms with van der Waals surface area (Å²) in [6, 6.07) is 19.3. The van der Waals surface area contributed by atoms with Gasteiger partial charge in [0.15, 0.2) is 0 Å². The Hall–Kier alpha value is -1.64. The molecule has 1 atom stereocenters. The fraction of sp³-hybridized carbons (Fsp3) is 0.368. The molecule has 0 aliphatic rings. The average molecular weight is 282 g/mol. The van der Waals surface area contributed by atoms with Gasteiger partial charge in [0.1, 0.15) is 0 Å². The van der Waals surface area contributed by atoms with Gasteiger partial charge in [-0.15, -0.1) is 0 Å². The Bertz CT molecular complexity index is 519. The number of nitrogens with two attached hydrogens (primary N) is 1. The monoisotopic (exact) mass is 282 g/mol. The first-order valence-electron chi connectivity index (χ1n) is 7.76. The maximum Gasteiger partial charge on any atom is 0.0424 e. The van der Waals surface area contributed by atoms with Gasteiger partial charge >= 0.3 is 0 Å². The fourth-order valence-electron chi connectivity index (χ4n) is 2.62. The molecular weight excluding hydrogens is 256 g/mol. The highest BCUT2D eigenvalue weighted by molar-refractivity contribution is 5.25. The highest BCUT2D eigenvalue weighted by Gasteiger charge is 2.09. The van der Waals surface area contributed by atoms with Gasteiger partial charge in [-0.25, -0.2) is 0 Å². The minimum atomic E-state index is 0.0642. The maximum absolute atomic E-state index is 6.33. The first kappa shape index (κ1) is 15.7. The molecule has 21 heavy (non-hydrogen) atoms. The van der Waals surface area contributed by atoms with Gasteiger partial charge in [-0.1, -0.05) is 67.9 Å². The van der Waals surface area contributed by atoms with Gasteiger partial charge in [-0.3, -0.25) is 0 Å². The van der Waals surface area contributed by atoms with Crippen molar-refractivity contribution >= 4 is 0 Å². The zero-order valence-electron chi connectivity index (χ0n) is 13.1. The first-order valence-corrected chi connectivity index (χ1v) is 7.76. The lowest BCUT2D eigenvalue weighted by Gasteiger charge is -2.21. The van der Waals surface area contributed by atoms with E-state index in [1.54, 1.807) is 0 Å². The van der Waals surface area contributed by atoms with Crippen LogP contribution in [-0.2, 0) is 13.0 Å². The van der Waals surface area contributed by atoms with Crippen LogP contribution in [0.1, 0.15) is 36.1 Å². The van der Waals surface area contributed by atoms with Crippen LogP contribution in [-0.4, -0.2) is 18.5 Å². The summed E-state index contributed by atoms with van der Waals surface area (Å²) in [6.45, 7) is 4.00. The predicted octanol–water partition coefficient (Wildman–Crippen LogP) is 3.77. The number of hydrogen-bond acceptors (Lipinski definition) is 2. The van der Waals surface area contributed by atoms with Crippen LogP contribution in [0.25, 0.3) is 0 Å². The lowest BCUT2D eigenvalue weighted by atomic mass is 10.0. The molecule has 0 aliphatic carbocycles. The smallest absolute Gasteiger partial charge is 0.0424 e. The topological polar surface area (TPSA) is 29.3 Å². The molecule has 2 N–H and O–H groups in total. The Morgan fingerprint density at radius 1 is 0.952 bits per heavy atom. The second-order valence-corrected chi connectivity index (χ2v) is 5.78. The van der Waals surface area contributed by atoms with Crippen molar-refractivity contribution in [2.24, 2.45) is 5.73 Å². The number of benzene rings is 2. The number of nitrogens with zero attached hydrogens (tertiary/aromatic N) is 1. The fourth-order valence-corrected chi connectivity index (χ4v) is 2.62. The molecule has 0 aliphatic heterocycles. The number of likely N-dealkylation sites (N-methyl/N-ethyl adjacent to an activating group) is 1. The summed E-state index contributed by atoms with van der Waals surface area (Å²) in [7, 11) is 2.12. The van der Waals surface area contributed by atoms with Crippen molar-refractivity contribution in [2.75, 3.05) is 13.6 Å². The quantitative estimate of drug-likeness (QED) is 0.837. The molecule has 0 heterocycles. The zero-order valence-corrected chi connectivity index (χ0v) is 13.1. The van der Waals surface area contributed by atoms with Gasteiger partial charge in [-0.2, -0.15) is 0 Å². The molecule has 0 amide bonds. The van der Waals surface area contributed by atoms with Crippen LogP contribution in [0.4, 0.5) is 0 Å². The van der Waals surface area contributed by atoms with Crippen LogP contribution in [0.5, 0.6) is 0 Å². The average Bonchev–Trinajstić information content (AvgIpc) is 2.49. The van der Waals surface area contributed by atoms with Crippen molar-refractivity contribution in [3.05, 3.63) is 71.3 Å². The summed E-state index contributed by atoms with van der Waals surface area (Å²) >= 11 is 0. The SMILES string of the molecule is CCCc1ccc(C(N)CN(C)Cc2ccccc2)cc1. The molecule has 112 valence electrons. The van der Waals surface area contributed by atoms with Gasteiger partial charge in [0, 0.05) is 19.1 Å². The van der Waals surface area contributed by atoms with Crippen molar-refractivity contribution < 1.29 is 0 Å². The van der Waals surface area contributed by atoms with Crippen molar-refractivity contribution in [3.63, 3.8) is 0 Å². The van der Waals surface area contributed by atoms with E-state index >= 15 is 0 Å². The highest BCUT2D eigenvalue weighted by Crippen LogP contribution is 2.14. The Balaban J connectivity index is 1.89. The molecular formula is C19H26N2. The van der Waals surface area contributed by atoms with Crippen LogP contribution in [0.15, 0.2) is 54.6 Å². The van der Waals surface area contributed by atoms with E-state index in [0.29, 0.717) is 0 Å². The van der Waals surface area contributed by atoms with E-state index in [1.807, 2.05) is 6.07 Å². The number of aryl methyl sites for hydroxylation is 1. The summed E-state index contributed by atoms with van der Waals surface area (Å²) in [6.07, 6.45) is 2.33. The van der Waals surface area contributed by atoms with Crippen molar-refractivity contribution in [2.45, 2.75) is 32.4 Å². The molecule has 1 unspecified atom stereocenters. The molecule has 0 radical (unpaired) electrons. The van der Waals surface area contributed by atoms with E-state index in [-0.39, 0.29) is 6.04 Å². The van der Waals surface area contributed by atoms with Crippen molar-refractivity contribution in [3.8, 4) is 0 Å². The van der Waals surface area contributed by atoms with E-state index in [2.05, 4.69) is 67.4 Å². The Morgan fingerprint density at radius 2 is 1.62 bits per heavy atom. The van der Waals surface area contributed by atoms with Gasteiger partial charge in [0.05, 0.1) is 0 Å². The Labute approximate surface area is 128 Å². The van der Waals surface area contributed by atoms with E-state index in [4.69, 9.17) is 5.73 Å². The van der Waals surface area contributed by atoms with Crippen LogP contribution >= 0.6 is 0 Å². The highest BCUT2D eigenvalue weighted by atomic mass is 15.1. The summed E-state index contributed by atoms with van der Waals surface area (Å²) < 4.78 is 0. The molecule has 0 saturated carbocycles. The molecule has 0 spiro atoms. The summed E-state index contributed by atoms with van der Waals surface area (Å²) in [5.41, 5.74) is 10.3. The second kappa shape index (κ2) is 7.96. The molecule has 0 bridgehead atoms. The van der Waals surface area contributed by atoms with Crippen LogP contribution in [0.2, 0.25) is 0 Å². The van der Waals surface area contributed by atoms with Crippen LogP contribution in [0.3, 0.4) is 0 Å². The summed E-state index contributed by atoms with van der Waals surface area (Å²) in [5.74, 6) is 0. The van der Waals surface area contributed by atoms with Gasteiger partial charge in [0.25, 0.3) is 0 Å². The number of hydrogen-bond donors (Lipinski definition) is 1. The van der Waals surface area contributed by atoms with Gasteiger partial charge in [0.2, 0.25) is 0 Å². The second-order valence-electron chi connectivity index (χ2n) is 5.78. The minimum Gasteiger partial charge on any atom is -0.323 e. The van der Waals surface area contributed by atoms with Gasteiger partial charge < -0.3 is 10.6 Å². The standard InChI is InChI=1S/C19H26N2/c1-3-7-16-10-12-18(13-11-16)19(20)15-21(2)14-17-8-5-4-6-9-17/h4-6,8-13,19H,3,7,14-15,20H2,1-2H3. The molecule has 0 aromatic heterocycles. The van der Waals surface area contributed by atoms with Crippen LogP contribution in [0, 0.1) is 0 Å². The molecule has 0 fully saturated rings. The minimum absolute atomic E-state index is 0.0642. The lowest BCUT2D eigenvalue weighted by Crippen LogP contribution is -2.28. The number of rotatable bonds is 7. The van der Waals surface area contributed by atoms with E-state index in [1.165, 1.54) is 23.1 Å². The first-order chi connectivity index (χ1) is 10.2. The van der Waals surface area contributed by atoms with E-state index in [9.17, 15) is 0 Å². The van der Waals surface area contributed by atoms with Gasteiger partial charge in [-0.05, 0) is 30.2 Å². The van der Waals surface area contributed by atoms with E-state index < -0.39 is 0 Å². The third kappa shape index (κ3) is 5.00. The van der Waals surface area contributed by atoms with Crippen molar-refractivity contribution in [1.29, 1.82) is 0 Å². The van der Waals surface area contributed by atoms with E-state index in [0.717, 1.165) is 19.5 Å². The van der Waals surface area contributed by atoms with Crippen molar-refractivity contribution in [1.82, 2.24) is 4.90 Å². The van der Waals surface area contributed by atoms with Crippen LogP contribution < -0.4 is 5.73 Å². The molecule has 2 aromatic rings. The summed E-state index contributed by atoms with van der Waals surface area (Å²) in [5, 5.41) is 0. The Morgan fingerprint density at radius 3 is 2.24 bits per heavy atom. The molecule has 2 rings (SSSR count). The summed E-state index contributed by atoms with van der Waals surface area (Å²) in [4.78, 5) is 2.28. The molecule has 2 nitrogen and oxygen atoms in total. The molecule has 2 aromatic carbocycles. The predicted molar refractivity (Wildman–Crippen MR) is 90.1 cm³/mol.